The number of hydrogen-bond acceptors (Lipinski definition) is 4. The smallest absolute Gasteiger partial charge is 0.311 e. The molecule has 0 aromatic heterocycles. The normalized spacial score (nSPS) is 14.8. The monoisotopic (exact) mass is 266 g/mol. The molecule has 0 aliphatic rings. The standard InChI is InChI=1S/C15H22O4/c1-15(2,3)14(18)19-10-13(17)12(16)9-11-7-5-4-6-8-11/h4-8,12-13,16-17H,9-10H2,1-3H3. The van der Waals surface area contributed by atoms with Gasteiger partial charge in [0.2, 0.25) is 0 Å². The summed E-state index contributed by atoms with van der Waals surface area (Å²) in [4.78, 5) is 11.5. The lowest BCUT2D eigenvalue weighted by Crippen LogP contribution is -2.35. The Morgan fingerprint density at radius 3 is 2.26 bits per heavy atom. The molecule has 0 aliphatic heterocycles. The van der Waals surface area contributed by atoms with Crippen LogP contribution in [0.15, 0.2) is 30.3 Å². The summed E-state index contributed by atoms with van der Waals surface area (Å²) in [7, 11) is 0. The van der Waals surface area contributed by atoms with Crippen molar-refractivity contribution in [3.63, 3.8) is 0 Å². The van der Waals surface area contributed by atoms with Crippen molar-refractivity contribution in [1.29, 1.82) is 0 Å². The largest absolute Gasteiger partial charge is 0.462 e. The lowest BCUT2D eigenvalue weighted by molar-refractivity contribution is -0.158. The first-order valence-electron chi connectivity index (χ1n) is 6.38. The Morgan fingerprint density at radius 2 is 1.74 bits per heavy atom. The second kappa shape index (κ2) is 6.68. The Hall–Kier alpha value is -1.39. The van der Waals surface area contributed by atoms with Crippen molar-refractivity contribution in [2.45, 2.75) is 39.4 Å². The van der Waals surface area contributed by atoms with Gasteiger partial charge in [0, 0.05) is 6.42 Å². The minimum absolute atomic E-state index is 0.190. The molecule has 0 spiro atoms. The van der Waals surface area contributed by atoms with Gasteiger partial charge in [-0.25, -0.2) is 0 Å². The molecule has 0 fully saturated rings. The van der Waals surface area contributed by atoms with Gasteiger partial charge >= 0.3 is 5.97 Å². The quantitative estimate of drug-likeness (QED) is 0.793. The fourth-order valence-corrected chi connectivity index (χ4v) is 1.48. The third-order valence-corrected chi connectivity index (χ3v) is 2.73. The van der Waals surface area contributed by atoms with Crippen LogP contribution in [-0.2, 0) is 16.0 Å². The molecule has 4 nitrogen and oxygen atoms in total. The molecule has 2 atom stereocenters. The number of ether oxygens (including phenoxy) is 1. The zero-order chi connectivity index (χ0) is 14.5. The van der Waals surface area contributed by atoms with E-state index in [4.69, 9.17) is 4.74 Å². The summed E-state index contributed by atoms with van der Waals surface area (Å²) in [5.41, 5.74) is 0.320. The molecule has 1 rings (SSSR count). The molecule has 2 unspecified atom stereocenters. The zero-order valence-corrected chi connectivity index (χ0v) is 11.7. The molecule has 0 radical (unpaired) electrons. The van der Waals surface area contributed by atoms with E-state index < -0.39 is 23.6 Å². The Balaban J connectivity index is 2.41. The highest BCUT2D eigenvalue weighted by atomic mass is 16.5. The summed E-state index contributed by atoms with van der Waals surface area (Å²) < 4.78 is 4.98. The van der Waals surface area contributed by atoms with Crippen LogP contribution in [-0.4, -0.2) is 35.0 Å². The van der Waals surface area contributed by atoms with E-state index >= 15 is 0 Å². The van der Waals surface area contributed by atoms with E-state index in [1.54, 1.807) is 20.8 Å². The Bertz CT molecular complexity index is 394. The first-order valence-corrected chi connectivity index (χ1v) is 6.38. The van der Waals surface area contributed by atoms with Gasteiger partial charge in [-0.15, -0.1) is 0 Å². The number of aliphatic hydroxyl groups excluding tert-OH is 2. The molecular weight excluding hydrogens is 244 g/mol. The Labute approximate surface area is 114 Å². The van der Waals surface area contributed by atoms with Gasteiger partial charge in [0.25, 0.3) is 0 Å². The predicted octanol–water partition coefficient (Wildman–Crippen LogP) is 1.54. The number of esters is 1. The fourth-order valence-electron chi connectivity index (χ4n) is 1.48. The molecule has 1 aromatic carbocycles. The van der Waals surface area contributed by atoms with Crippen molar-refractivity contribution in [1.82, 2.24) is 0 Å². The molecule has 19 heavy (non-hydrogen) atoms. The van der Waals surface area contributed by atoms with E-state index in [1.807, 2.05) is 30.3 Å². The van der Waals surface area contributed by atoms with E-state index in [2.05, 4.69) is 0 Å². The van der Waals surface area contributed by atoms with E-state index in [-0.39, 0.29) is 6.61 Å². The van der Waals surface area contributed by atoms with Crippen LogP contribution in [0, 0.1) is 5.41 Å². The molecule has 0 bridgehead atoms. The molecule has 0 heterocycles. The topological polar surface area (TPSA) is 66.8 Å². The maximum absolute atomic E-state index is 11.5. The summed E-state index contributed by atoms with van der Waals surface area (Å²) in [5, 5.41) is 19.6. The molecule has 0 saturated carbocycles. The summed E-state index contributed by atoms with van der Waals surface area (Å²) >= 11 is 0. The highest BCUT2D eigenvalue weighted by Gasteiger charge is 2.25. The molecule has 4 heteroatoms. The van der Waals surface area contributed by atoms with Crippen LogP contribution < -0.4 is 0 Å². The van der Waals surface area contributed by atoms with Gasteiger partial charge in [0.15, 0.2) is 0 Å². The van der Waals surface area contributed by atoms with Crippen LogP contribution in [0.25, 0.3) is 0 Å². The molecule has 106 valence electrons. The minimum Gasteiger partial charge on any atom is -0.462 e. The van der Waals surface area contributed by atoms with Gasteiger partial charge in [-0.05, 0) is 26.3 Å². The second-order valence-corrected chi connectivity index (χ2v) is 5.67. The van der Waals surface area contributed by atoms with Crippen LogP contribution in [0.1, 0.15) is 26.3 Å². The van der Waals surface area contributed by atoms with Crippen molar-refractivity contribution < 1.29 is 19.7 Å². The number of benzene rings is 1. The fraction of sp³-hybridized carbons (Fsp3) is 0.533. The highest BCUT2D eigenvalue weighted by Crippen LogP contribution is 2.15. The van der Waals surface area contributed by atoms with E-state index in [0.29, 0.717) is 6.42 Å². The highest BCUT2D eigenvalue weighted by molar-refractivity contribution is 5.75. The van der Waals surface area contributed by atoms with E-state index in [0.717, 1.165) is 5.56 Å². The first-order chi connectivity index (χ1) is 8.80. The van der Waals surface area contributed by atoms with Crippen LogP contribution in [0.3, 0.4) is 0 Å². The molecule has 0 aliphatic carbocycles. The Morgan fingerprint density at radius 1 is 1.16 bits per heavy atom. The molecule has 0 saturated heterocycles. The number of aliphatic hydroxyl groups is 2. The van der Waals surface area contributed by atoms with Gasteiger partial charge in [-0.1, -0.05) is 30.3 Å². The predicted molar refractivity (Wildman–Crippen MR) is 72.6 cm³/mol. The van der Waals surface area contributed by atoms with Gasteiger partial charge < -0.3 is 14.9 Å². The summed E-state index contributed by atoms with van der Waals surface area (Å²) in [5.74, 6) is -0.390. The third-order valence-electron chi connectivity index (χ3n) is 2.73. The maximum atomic E-state index is 11.5. The van der Waals surface area contributed by atoms with Gasteiger partial charge in [-0.3, -0.25) is 4.79 Å². The maximum Gasteiger partial charge on any atom is 0.311 e. The van der Waals surface area contributed by atoms with Crippen LogP contribution in [0.2, 0.25) is 0 Å². The SMILES string of the molecule is CC(C)(C)C(=O)OCC(O)C(O)Cc1ccccc1. The van der Waals surface area contributed by atoms with E-state index in [1.165, 1.54) is 0 Å². The van der Waals surface area contributed by atoms with Crippen molar-refractivity contribution in [3.05, 3.63) is 35.9 Å². The second-order valence-electron chi connectivity index (χ2n) is 5.67. The summed E-state index contributed by atoms with van der Waals surface area (Å²) in [6, 6.07) is 9.37. The van der Waals surface area contributed by atoms with Crippen LogP contribution >= 0.6 is 0 Å². The lowest BCUT2D eigenvalue weighted by Gasteiger charge is -2.21. The van der Waals surface area contributed by atoms with Crippen molar-refractivity contribution in [2.24, 2.45) is 5.41 Å². The van der Waals surface area contributed by atoms with Crippen molar-refractivity contribution >= 4 is 5.97 Å². The first kappa shape index (κ1) is 15.7. The molecular formula is C15H22O4. The lowest BCUT2D eigenvalue weighted by atomic mass is 9.97. The van der Waals surface area contributed by atoms with Gasteiger partial charge in [-0.2, -0.15) is 0 Å². The third kappa shape index (κ3) is 5.41. The van der Waals surface area contributed by atoms with Crippen molar-refractivity contribution in [3.8, 4) is 0 Å². The van der Waals surface area contributed by atoms with Crippen LogP contribution in [0.5, 0.6) is 0 Å². The van der Waals surface area contributed by atoms with Gasteiger partial charge in [0.05, 0.1) is 11.5 Å². The number of hydrogen-bond donors (Lipinski definition) is 2. The summed E-state index contributed by atoms with van der Waals surface area (Å²) in [6.45, 7) is 5.02. The number of carbonyl (C=O) groups excluding carboxylic acids is 1. The number of carbonyl (C=O) groups is 1. The van der Waals surface area contributed by atoms with Crippen LogP contribution in [0.4, 0.5) is 0 Å². The number of rotatable bonds is 5. The Kier molecular flexibility index (Phi) is 5.51. The summed E-state index contributed by atoms with van der Waals surface area (Å²) in [6.07, 6.45) is -1.70. The van der Waals surface area contributed by atoms with Gasteiger partial charge in [0.1, 0.15) is 12.7 Å². The average molecular weight is 266 g/mol. The molecule has 2 N–H and O–H groups in total. The average Bonchev–Trinajstić information content (AvgIpc) is 2.35. The zero-order valence-electron chi connectivity index (χ0n) is 11.7. The van der Waals surface area contributed by atoms with E-state index in [9.17, 15) is 15.0 Å². The molecule has 1 aromatic rings. The minimum atomic E-state index is -1.08. The molecule has 0 amide bonds. The van der Waals surface area contributed by atoms with Crippen molar-refractivity contribution in [2.75, 3.05) is 6.61 Å².